The maximum atomic E-state index is 4.51. The molecule has 4 aromatic rings. The Hall–Kier alpha value is -2.47. The van der Waals surface area contributed by atoms with Crippen LogP contribution < -0.4 is 0 Å². The first-order valence-electron chi connectivity index (χ1n) is 7.15. The summed E-state index contributed by atoms with van der Waals surface area (Å²) in [5.41, 5.74) is 4.14. The molecule has 0 aliphatic carbocycles. The average Bonchev–Trinajstić information content (AvgIpc) is 3.27. The number of aromatic amines is 1. The minimum atomic E-state index is 0.312. The summed E-state index contributed by atoms with van der Waals surface area (Å²) in [6.45, 7) is 2.18. The minimum Gasteiger partial charge on any atom is -0.346 e. The third-order valence-electron chi connectivity index (χ3n) is 3.79. The van der Waals surface area contributed by atoms with Gasteiger partial charge < -0.3 is 4.98 Å². The number of hydrogen-bond donors (Lipinski definition) is 1. The molecule has 22 heavy (non-hydrogen) atoms. The van der Waals surface area contributed by atoms with Crippen LogP contribution in [0.1, 0.15) is 18.5 Å². The van der Waals surface area contributed by atoms with Crippen molar-refractivity contribution in [3.63, 3.8) is 0 Å². The van der Waals surface area contributed by atoms with E-state index in [1.54, 1.807) is 17.7 Å². The summed E-state index contributed by atoms with van der Waals surface area (Å²) in [6.07, 6.45) is 8.38. The molecule has 4 heterocycles. The summed E-state index contributed by atoms with van der Waals surface area (Å²) in [6, 6.07) is 4.47. The van der Waals surface area contributed by atoms with Crippen molar-refractivity contribution < 1.29 is 0 Å². The van der Waals surface area contributed by atoms with E-state index in [-0.39, 0.29) is 0 Å². The van der Waals surface area contributed by atoms with Crippen LogP contribution in [0.15, 0.2) is 47.8 Å². The highest BCUT2D eigenvalue weighted by atomic mass is 32.1. The molecule has 0 fully saturated rings. The summed E-state index contributed by atoms with van der Waals surface area (Å²) in [5, 5.41) is 9.83. The lowest BCUT2D eigenvalue weighted by molar-refractivity contribution is 0.489. The first kappa shape index (κ1) is 13.2. The second kappa shape index (κ2) is 5.38. The zero-order chi connectivity index (χ0) is 14.9. The van der Waals surface area contributed by atoms with E-state index in [4.69, 9.17) is 0 Å². The summed E-state index contributed by atoms with van der Waals surface area (Å²) < 4.78 is 2.01. The Morgan fingerprint density at radius 2 is 2.27 bits per heavy atom. The monoisotopic (exact) mass is 309 g/mol. The van der Waals surface area contributed by atoms with Crippen LogP contribution in [0.5, 0.6) is 0 Å². The van der Waals surface area contributed by atoms with Crippen molar-refractivity contribution in [2.24, 2.45) is 0 Å². The lowest BCUT2D eigenvalue weighted by Gasteiger charge is -2.10. The van der Waals surface area contributed by atoms with Crippen LogP contribution in [-0.2, 0) is 6.42 Å². The molecule has 0 aromatic carbocycles. The first-order chi connectivity index (χ1) is 10.8. The highest BCUT2D eigenvalue weighted by Crippen LogP contribution is 2.25. The van der Waals surface area contributed by atoms with E-state index in [1.807, 2.05) is 23.1 Å². The molecule has 110 valence electrons. The standard InChI is InChI=1S/C16H15N5S/c1-11(6-12-3-5-22-9-12)21-8-13(7-20-21)15-14-2-4-17-16(14)19-10-18-15/h2-5,7-11H,6H2,1H3,(H,17,18,19). The fraction of sp³-hybridized carbons (Fsp3) is 0.188. The molecule has 6 heteroatoms. The maximum Gasteiger partial charge on any atom is 0.141 e. The number of fused-ring (bicyclic) bond motifs is 1. The Kier molecular flexibility index (Phi) is 3.23. The lowest BCUT2D eigenvalue weighted by atomic mass is 10.1. The van der Waals surface area contributed by atoms with Gasteiger partial charge in [0.05, 0.1) is 17.9 Å². The topological polar surface area (TPSA) is 59.4 Å². The van der Waals surface area contributed by atoms with Gasteiger partial charge in [-0.2, -0.15) is 16.4 Å². The molecule has 0 saturated heterocycles. The third-order valence-corrected chi connectivity index (χ3v) is 4.52. The van der Waals surface area contributed by atoms with E-state index < -0.39 is 0 Å². The van der Waals surface area contributed by atoms with Crippen LogP contribution in [0.2, 0.25) is 0 Å². The van der Waals surface area contributed by atoms with Crippen molar-refractivity contribution in [1.29, 1.82) is 0 Å². The van der Waals surface area contributed by atoms with Gasteiger partial charge in [0.25, 0.3) is 0 Å². The van der Waals surface area contributed by atoms with E-state index in [0.717, 1.165) is 28.7 Å². The molecule has 0 aliphatic rings. The van der Waals surface area contributed by atoms with Crippen molar-refractivity contribution in [2.75, 3.05) is 0 Å². The average molecular weight is 309 g/mol. The Labute approximate surface area is 131 Å². The second-order valence-electron chi connectivity index (χ2n) is 5.36. The number of rotatable bonds is 4. The first-order valence-corrected chi connectivity index (χ1v) is 8.09. The number of aromatic nitrogens is 5. The number of nitrogens with one attached hydrogen (secondary N) is 1. The van der Waals surface area contributed by atoms with Gasteiger partial charge >= 0.3 is 0 Å². The molecule has 1 N–H and O–H groups in total. The van der Waals surface area contributed by atoms with Crippen molar-refractivity contribution in [1.82, 2.24) is 24.7 Å². The van der Waals surface area contributed by atoms with Crippen LogP contribution in [0.4, 0.5) is 0 Å². The molecular weight excluding hydrogens is 294 g/mol. The van der Waals surface area contributed by atoms with Gasteiger partial charge in [-0.25, -0.2) is 9.97 Å². The normalized spacial score (nSPS) is 12.8. The van der Waals surface area contributed by atoms with E-state index in [2.05, 4.69) is 50.0 Å². The van der Waals surface area contributed by atoms with Gasteiger partial charge in [-0.1, -0.05) is 0 Å². The maximum absolute atomic E-state index is 4.51. The molecule has 0 amide bonds. The summed E-state index contributed by atoms with van der Waals surface area (Å²) in [5.74, 6) is 0. The minimum absolute atomic E-state index is 0.312. The summed E-state index contributed by atoms with van der Waals surface area (Å²) in [7, 11) is 0. The third kappa shape index (κ3) is 2.31. The molecule has 1 atom stereocenters. The van der Waals surface area contributed by atoms with Gasteiger partial charge in [0.2, 0.25) is 0 Å². The van der Waals surface area contributed by atoms with Crippen molar-refractivity contribution in [2.45, 2.75) is 19.4 Å². The van der Waals surface area contributed by atoms with Crippen molar-refractivity contribution >= 4 is 22.4 Å². The highest BCUT2D eigenvalue weighted by Gasteiger charge is 2.12. The SMILES string of the molecule is CC(Cc1ccsc1)n1cc(-c2ncnc3[nH]ccc23)cn1. The molecule has 0 aliphatic heterocycles. The molecular formula is C16H15N5S. The molecule has 0 bridgehead atoms. The zero-order valence-corrected chi connectivity index (χ0v) is 12.9. The summed E-state index contributed by atoms with van der Waals surface area (Å²) >= 11 is 1.73. The second-order valence-corrected chi connectivity index (χ2v) is 6.14. The summed E-state index contributed by atoms with van der Waals surface area (Å²) in [4.78, 5) is 11.8. The molecule has 0 saturated carbocycles. The van der Waals surface area contributed by atoms with Crippen LogP contribution >= 0.6 is 11.3 Å². The molecule has 5 nitrogen and oxygen atoms in total. The Bertz CT molecular complexity index is 890. The van der Waals surface area contributed by atoms with Crippen LogP contribution in [0.3, 0.4) is 0 Å². The van der Waals surface area contributed by atoms with E-state index in [1.165, 1.54) is 5.56 Å². The van der Waals surface area contributed by atoms with Gasteiger partial charge in [0.1, 0.15) is 12.0 Å². The fourth-order valence-electron chi connectivity index (χ4n) is 2.65. The van der Waals surface area contributed by atoms with E-state index >= 15 is 0 Å². The number of nitrogens with zero attached hydrogens (tertiary/aromatic N) is 4. The molecule has 4 rings (SSSR count). The molecule has 0 spiro atoms. The Balaban J connectivity index is 1.65. The number of hydrogen-bond acceptors (Lipinski definition) is 4. The van der Waals surface area contributed by atoms with E-state index in [9.17, 15) is 0 Å². The van der Waals surface area contributed by atoms with Crippen LogP contribution in [0, 0.1) is 0 Å². The van der Waals surface area contributed by atoms with Crippen LogP contribution in [-0.4, -0.2) is 24.7 Å². The molecule has 4 aromatic heterocycles. The number of thiophene rings is 1. The van der Waals surface area contributed by atoms with Crippen molar-refractivity contribution in [3.05, 3.63) is 53.4 Å². The smallest absolute Gasteiger partial charge is 0.141 e. The van der Waals surface area contributed by atoms with Gasteiger partial charge in [0.15, 0.2) is 0 Å². The quantitative estimate of drug-likeness (QED) is 0.625. The Morgan fingerprint density at radius 3 is 3.14 bits per heavy atom. The predicted octanol–water partition coefficient (Wildman–Crippen LogP) is 3.69. The van der Waals surface area contributed by atoms with Gasteiger partial charge in [-0.05, 0) is 41.8 Å². The van der Waals surface area contributed by atoms with Gasteiger partial charge in [-0.3, -0.25) is 4.68 Å². The molecule has 1 unspecified atom stereocenters. The largest absolute Gasteiger partial charge is 0.346 e. The lowest BCUT2D eigenvalue weighted by Crippen LogP contribution is -2.08. The highest BCUT2D eigenvalue weighted by molar-refractivity contribution is 7.07. The van der Waals surface area contributed by atoms with Gasteiger partial charge in [0, 0.05) is 23.3 Å². The van der Waals surface area contributed by atoms with Gasteiger partial charge in [-0.15, -0.1) is 0 Å². The number of H-pyrrole nitrogens is 1. The van der Waals surface area contributed by atoms with Crippen LogP contribution in [0.25, 0.3) is 22.3 Å². The fourth-order valence-corrected chi connectivity index (χ4v) is 3.33. The van der Waals surface area contributed by atoms with E-state index in [0.29, 0.717) is 6.04 Å². The molecule has 0 radical (unpaired) electrons. The predicted molar refractivity (Wildman–Crippen MR) is 87.8 cm³/mol. The zero-order valence-electron chi connectivity index (χ0n) is 12.1. The Morgan fingerprint density at radius 1 is 1.32 bits per heavy atom. The van der Waals surface area contributed by atoms with Crippen molar-refractivity contribution in [3.8, 4) is 11.3 Å².